The van der Waals surface area contributed by atoms with Crippen LogP contribution in [0.1, 0.15) is 25.0 Å². The summed E-state index contributed by atoms with van der Waals surface area (Å²) in [5, 5.41) is 2.05. The van der Waals surface area contributed by atoms with E-state index < -0.39 is 0 Å². The number of halogens is 1. The molecule has 1 aliphatic rings. The molecule has 0 N–H and O–H groups in total. The summed E-state index contributed by atoms with van der Waals surface area (Å²) in [5.74, 6) is 1.52. The van der Waals surface area contributed by atoms with Crippen LogP contribution in [-0.4, -0.2) is 47.5 Å². The normalized spacial score (nSPS) is 17.6. The van der Waals surface area contributed by atoms with E-state index in [4.69, 9.17) is 16.6 Å². The molecule has 0 radical (unpaired) electrons. The maximum absolute atomic E-state index is 6.14. The van der Waals surface area contributed by atoms with Crippen molar-refractivity contribution >= 4 is 33.7 Å². The van der Waals surface area contributed by atoms with Gasteiger partial charge >= 0.3 is 0 Å². The molecule has 20 heavy (non-hydrogen) atoms. The van der Waals surface area contributed by atoms with Crippen molar-refractivity contribution in [1.29, 1.82) is 0 Å². The van der Waals surface area contributed by atoms with Crippen LogP contribution in [0.2, 0.25) is 0 Å². The molecule has 0 unspecified atom stereocenters. The third kappa shape index (κ3) is 2.12. The fourth-order valence-electron chi connectivity index (χ4n) is 3.10. The molecule has 6 heteroatoms. The van der Waals surface area contributed by atoms with Crippen molar-refractivity contribution in [2.45, 2.75) is 30.7 Å². The van der Waals surface area contributed by atoms with E-state index in [0.717, 1.165) is 23.0 Å². The quantitative estimate of drug-likeness (QED) is 0.793. The monoisotopic (exact) mass is 312 g/mol. The first-order valence-corrected chi connectivity index (χ1v) is 8.38. The molecule has 0 amide bonds. The molecule has 0 bridgehead atoms. The largest absolute Gasteiger partial charge is 0.356 e. The summed E-state index contributed by atoms with van der Waals surface area (Å²) in [6.07, 6.45) is 5.91. The highest BCUT2D eigenvalue weighted by atomic mass is 35.5. The number of rotatable bonds is 5. The molecule has 4 nitrogen and oxygen atoms in total. The number of hydrogen-bond donors (Lipinski definition) is 0. The summed E-state index contributed by atoms with van der Waals surface area (Å²) in [6, 6.07) is 0. The fraction of sp³-hybridized carbons (Fsp3) is 0.643. The zero-order valence-electron chi connectivity index (χ0n) is 12.3. The number of nitrogens with zero attached hydrogens (tertiary/aromatic N) is 4. The van der Waals surface area contributed by atoms with Crippen LogP contribution in [0.25, 0.3) is 4.96 Å². The zero-order valence-corrected chi connectivity index (χ0v) is 13.8. The van der Waals surface area contributed by atoms with E-state index in [1.165, 1.54) is 19.3 Å². The minimum Gasteiger partial charge on any atom is -0.356 e. The maximum atomic E-state index is 6.14. The van der Waals surface area contributed by atoms with Crippen LogP contribution in [0.5, 0.6) is 0 Å². The Balaban J connectivity index is 1.88. The molecule has 2 aromatic rings. The highest BCUT2D eigenvalue weighted by Crippen LogP contribution is 2.38. The Morgan fingerprint density at radius 3 is 2.70 bits per heavy atom. The number of thiazole rings is 1. The standard InChI is InChI=1S/C14H21ClN4S/c1-17(2)14(5-4-6-14)10-18(3)12-11(9-15)19-7-8-20-13(19)16-12/h7-8H,4-6,9-10H2,1-3H3. The van der Waals surface area contributed by atoms with E-state index in [1.54, 1.807) is 11.3 Å². The summed E-state index contributed by atoms with van der Waals surface area (Å²) in [7, 11) is 6.49. The molecule has 0 aliphatic heterocycles. The Labute approximate surface area is 129 Å². The molecule has 0 saturated heterocycles. The van der Waals surface area contributed by atoms with Gasteiger partial charge in [-0.05, 0) is 33.4 Å². The predicted octanol–water partition coefficient (Wildman–Crippen LogP) is 3.06. The van der Waals surface area contributed by atoms with E-state index in [2.05, 4.69) is 40.7 Å². The van der Waals surface area contributed by atoms with Crippen LogP contribution >= 0.6 is 22.9 Å². The van der Waals surface area contributed by atoms with Crippen LogP contribution in [0.4, 0.5) is 5.82 Å². The van der Waals surface area contributed by atoms with Crippen molar-refractivity contribution in [1.82, 2.24) is 14.3 Å². The summed E-state index contributed by atoms with van der Waals surface area (Å²) in [6.45, 7) is 1.01. The third-order valence-corrected chi connectivity index (χ3v) is 5.60. The molecule has 1 fully saturated rings. The number of hydrogen-bond acceptors (Lipinski definition) is 4. The van der Waals surface area contributed by atoms with Gasteiger partial charge in [0, 0.05) is 30.7 Å². The molecule has 0 spiro atoms. The van der Waals surface area contributed by atoms with E-state index in [1.807, 2.05) is 6.20 Å². The highest BCUT2D eigenvalue weighted by Gasteiger charge is 2.40. The molecular formula is C14H21ClN4S. The Hall–Kier alpha value is -0.780. The minimum atomic E-state index is 0.301. The van der Waals surface area contributed by atoms with Gasteiger partial charge < -0.3 is 9.80 Å². The molecular weight excluding hydrogens is 292 g/mol. The van der Waals surface area contributed by atoms with Gasteiger partial charge in [-0.3, -0.25) is 4.40 Å². The van der Waals surface area contributed by atoms with Gasteiger partial charge in [0.05, 0.1) is 11.6 Å². The first-order valence-electron chi connectivity index (χ1n) is 6.96. The summed E-state index contributed by atoms with van der Waals surface area (Å²) in [4.78, 5) is 10.4. The molecule has 0 atom stereocenters. The van der Waals surface area contributed by atoms with Crippen molar-refractivity contribution in [2.24, 2.45) is 0 Å². The van der Waals surface area contributed by atoms with Crippen LogP contribution in [0.3, 0.4) is 0 Å². The Bertz CT molecular complexity index is 599. The summed E-state index contributed by atoms with van der Waals surface area (Å²) in [5.41, 5.74) is 1.40. The zero-order chi connectivity index (χ0) is 14.3. The van der Waals surface area contributed by atoms with Gasteiger partial charge in [-0.25, -0.2) is 4.98 Å². The van der Waals surface area contributed by atoms with E-state index >= 15 is 0 Å². The minimum absolute atomic E-state index is 0.301. The van der Waals surface area contributed by atoms with Crippen LogP contribution in [0.15, 0.2) is 11.6 Å². The van der Waals surface area contributed by atoms with Crippen LogP contribution in [0, 0.1) is 0 Å². The lowest BCUT2D eigenvalue weighted by molar-refractivity contribution is 0.0682. The molecule has 1 saturated carbocycles. The Morgan fingerprint density at radius 1 is 1.40 bits per heavy atom. The van der Waals surface area contributed by atoms with Gasteiger partial charge in [0.15, 0.2) is 10.8 Å². The van der Waals surface area contributed by atoms with E-state index in [0.29, 0.717) is 11.4 Å². The van der Waals surface area contributed by atoms with Gasteiger partial charge in [0.2, 0.25) is 0 Å². The maximum Gasteiger partial charge on any atom is 0.195 e. The van der Waals surface area contributed by atoms with Crippen LogP contribution < -0.4 is 4.90 Å². The Morgan fingerprint density at radius 2 is 2.15 bits per heavy atom. The lowest BCUT2D eigenvalue weighted by atomic mass is 9.75. The molecule has 0 aromatic carbocycles. The third-order valence-electron chi connectivity index (χ3n) is 4.59. The van der Waals surface area contributed by atoms with Gasteiger partial charge in [0.25, 0.3) is 0 Å². The fourth-order valence-corrected chi connectivity index (χ4v) is 4.08. The van der Waals surface area contributed by atoms with Crippen molar-refractivity contribution in [3.8, 4) is 0 Å². The van der Waals surface area contributed by atoms with Gasteiger partial charge in [-0.2, -0.15) is 0 Å². The molecule has 110 valence electrons. The Kier molecular flexibility index (Phi) is 3.69. The average molecular weight is 313 g/mol. The van der Waals surface area contributed by atoms with Gasteiger partial charge in [-0.15, -0.1) is 22.9 Å². The van der Waals surface area contributed by atoms with Crippen molar-refractivity contribution < 1.29 is 0 Å². The topological polar surface area (TPSA) is 23.8 Å². The van der Waals surface area contributed by atoms with Crippen molar-refractivity contribution in [3.05, 3.63) is 17.3 Å². The molecule has 2 aromatic heterocycles. The molecule has 2 heterocycles. The van der Waals surface area contributed by atoms with Crippen LogP contribution in [-0.2, 0) is 5.88 Å². The number of imidazole rings is 1. The number of aromatic nitrogens is 2. The smallest absolute Gasteiger partial charge is 0.195 e. The van der Waals surface area contributed by atoms with Gasteiger partial charge in [0.1, 0.15) is 0 Å². The van der Waals surface area contributed by atoms with E-state index in [-0.39, 0.29) is 0 Å². The number of alkyl halides is 1. The second-order valence-corrected chi connectivity index (χ2v) is 7.04. The predicted molar refractivity (Wildman–Crippen MR) is 86.2 cm³/mol. The highest BCUT2D eigenvalue weighted by molar-refractivity contribution is 7.15. The summed E-state index contributed by atoms with van der Waals surface area (Å²) >= 11 is 7.80. The van der Waals surface area contributed by atoms with E-state index in [9.17, 15) is 0 Å². The first kappa shape index (κ1) is 14.2. The first-order chi connectivity index (χ1) is 9.57. The second kappa shape index (κ2) is 5.20. The average Bonchev–Trinajstić information content (AvgIpc) is 2.92. The second-order valence-electron chi connectivity index (χ2n) is 5.90. The molecule has 3 rings (SSSR count). The number of anilines is 1. The lowest BCUT2D eigenvalue weighted by Crippen LogP contribution is -2.56. The number of fused-ring (bicyclic) bond motifs is 1. The SMILES string of the molecule is CN(CC1(N(C)C)CCC1)c1nc2sccn2c1CCl. The summed E-state index contributed by atoms with van der Waals surface area (Å²) < 4.78 is 2.10. The molecule has 1 aliphatic carbocycles. The van der Waals surface area contributed by atoms with Crippen molar-refractivity contribution in [3.63, 3.8) is 0 Å². The van der Waals surface area contributed by atoms with Gasteiger partial charge in [-0.1, -0.05) is 0 Å². The number of likely N-dealkylation sites (N-methyl/N-ethyl adjacent to an activating group) is 2. The van der Waals surface area contributed by atoms with Crippen molar-refractivity contribution in [2.75, 3.05) is 32.6 Å². The lowest BCUT2D eigenvalue weighted by Gasteiger charge is -2.49.